The SMILES string of the molecule is O=C(NC1CC1)NC1CC12CCCC2. The topological polar surface area (TPSA) is 41.1 Å². The monoisotopic (exact) mass is 194 g/mol. The van der Waals surface area contributed by atoms with Gasteiger partial charge in [0.05, 0.1) is 0 Å². The van der Waals surface area contributed by atoms with E-state index >= 15 is 0 Å². The second kappa shape index (κ2) is 2.88. The Labute approximate surface area is 84.6 Å². The Kier molecular flexibility index (Phi) is 1.76. The minimum atomic E-state index is 0.0706. The number of urea groups is 1. The molecule has 1 unspecified atom stereocenters. The van der Waals surface area contributed by atoms with Gasteiger partial charge in [-0.25, -0.2) is 4.79 Å². The van der Waals surface area contributed by atoms with Crippen LogP contribution in [0, 0.1) is 5.41 Å². The molecule has 0 radical (unpaired) electrons. The summed E-state index contributed by atoms with van der Waals surface area (Å²) in [4.78, 5) is 11.5. The molecule has 0 aromatic rings. The van der Waals surface area contributed by atoms with Crippen LogP contribution in [0.25, 0.3) is 0 Å². The first-order valence-corrected chi connectivity index (χ1v) is 5.86. The number of amides is 2. The van der Waals surface area contributed by atoms with E-state index in [0.717, 1.165) is 0 Å². The van der Waals surface area contributed by atoms with Crippen molar-refractivity contribution >= 4 is 6.03 Å². The molecule has 1 spiro atoms. The van der Waals surface area contributed by atoms with E-state index < -0.39 is 0 Å². The van der Waals surface area contributed by atoms with E-state index in [1.165, 1.54) is 44.9 Å². The molecule has 0 aromatic carbocycles. The standard InChI is InChI=1S/C11H18N2O/c14-10(12-8-3-4-8)13-9-7-11(9)5-1-2-6-11/h8-9H,1-7H2,(H2,12,13,14). The fraction of sp³-hybridized carbons (Fsp3) is 0.909. The second-order valence-electron chi connectivity index (χ2n) is 5.22. The van der Waals surface area contributed by atoms with Crippen LogP contribution in [0.5, 0.6) is 0 Å². The van der Waals surface area contributed by atoms with Gasteiger partial charge in [0.1, 0.15) is 0 Å². The zero-order valence-corrected chi connectivity index (χ0v) is 8.51. The average Bonchev–Trinajstić information content (AvgIpc) is 2.97. The maximum Gasteiger partial charge on any atom is 0.315 e. The molecular formula is C11H18N2O. The normalized spacial score (nSPS) is 33.0. The zero-order valence-electron chi connectivity index (χ0n) is 8.51. The Morgan fingerprint density at radius 2 is 1.86 bits per heavy atom. The highest BCUT2D eigenvalue weighted by atomic mass is 16.2. The van der Waals surface area contributed by atoms with Crippen molar-refractivity contribution < 1.29 is 4.79 Å². The molecule has 0 saturated heterocycles. The lowest BCUT2D eigenvalue weighted by atomic mass is 10.1. The Hall–Kier alpha value is -0.730. The Balaban J connectivity index is 1.47. The maximum atomic E-state index is 11.5. The van der Waals surface area contributed by atoms with Crippen molar-refractivity contribution in [3.05, 3.63) is 0 Å². The molecule has 0 bridgehead atoms. The Morgan fingerprint density at radius 3 is 2.50 bits per heavy atom. The lowest BCUT2D eigenvalue weighted by Crippen LogP contribution is -2.39. The molecule has 3 rings (SSSR count). The minimum absolute atomic E-state index is 0.0706. The quantitative estimate of drug-likeness (QED) is 0.691. The maximum absolute atomic E-state index is 11.5. The molecule has 2 N–H and O–H groups in total. The summed E-state index contributed by atoms with van der Waals surface area (Å²) in [6.07, 6.45) is 8.96. The highest BCUT2D eigenvalue weighted by Gasteiger charge is 2.55. The van der Waals surface area contributed by atoms with Crippen molar-refractivity contribution in [2.24, 2.45) is 5.41 Å². The van der Waals surface area contributed by atoms with Gasteiger partial charge in [0.2, 0.25) is 0 Å². The number of carbonyl (C=O) groups excluding carboxylic acids is 1. The van der Waals surface area contributed by atoms with Crippen molar-refractivity contribution in [2.75, 3.05) is 0 Å². The Morgan fingerprint density at radius 1 is 1.14 bits per heavy atom. The van der Waals surface area contributed by atoms with E-state index in [-0.39, 0.29) is 6.03 Å². The molecule has 3 fully saturated rings. The smallest absolute Gasteiger partial charge is 0.315 e. The first-order chi connectivity index (χ1) is 6.78. The number of hydrogen-bond acceptors (Lipinski definition) is 1. The van der Waals surface area contributed by atoms with Crippen LogP contribution in [0.4, 0.5) is 4.79 Å². The number of nitrogens with one attached hydrogen (secondary N) is 2. The van der Waals surface area contributed by atoms with Gasteiger partial charge in [-0.1, -0.05) is 12.8 Å². The molecule has 3 saturated carbocycles. The van der Waals surface area contributed by atoms with E-state index in [0.29, 0.717) is 17.5 Å². The first kappa shape index (κ1) is 8.57. The predicted octanol–water partition coefficient (Wildman–Crippen LogP) is 1.78. The predicted molar refractivity (Wildman–Crippen MR) is 54.0 cm³/mol. The van der Waals surface area contributed by atoms with Crippen LogP contribution in [-0.4, -0.2) is 18.1 Å². The lowest BCUT2D eigenvalue weighted by molar-refractivity contribution is 0.238. The summed E-state index contributed by atoms with van der Waals surface area (Å²) < 4.78 is 0. The highest BCUT2D eigenvalue weighted by Crippen LogP contribution is 2.57. The number of rotatable bonds is 2. The summed E-state index contributed by atoms with van der Waals surface area (Å²) in [6, 6.07) is 1.04. The molecule has 78 valence electrons. The third kappa shape index (κ3) is 1.49. The van der Waals surface area contributed by atoms with Crippen molar-refractivity contribution in [3.63, 3.8) is 0 Å². The molecule has 3 aliphatic carbocycles. The van der Waals surface area contributed by atoms with E-state index in [4.69, 9.17) is 0 Å². The van der Waals surface area contributed by atoms with Crippen LogP contribution in [0.2, 0.25) is 0 Å². The summed E-state index contributed by atoms with van der Waals surface area (Å²) in [7, 11) is 0. The van der Waals surface area contributed by atoms with Crippen LogP contribution in [0.3, 0.4) is 0 Å². The summed E-state index contributed by atoms with van der Waals surface area (Å²) in [5.41, 5.74) is 0.529. The van der Waals surface area contributed by atoms with Crippen LogP contribution in [0.15, 0.2) is 0 Å². The fourth-order valence-corrected chi connectivity index (χ4v) is 2.80. The number of carbonyl (C=O) groups is 1. The molecule has 0 aliphatic heterocycles. The summed E-state index contributed by atoms with van der Waals surface area (Å²) in [5.74, 6) is 0. The second-order valence-corrected chi connectivity index (χ2v) is 5.22. The van der Waals surface area contributed by atoms with Crippen LogP contribution >= 0.6 is 0 Å². The molecule has 2 amide bonds. The van der Waals surface area contributed by atoms with Gasteiger partial charge in [0.15, 0.2) is 0 Å². The van der Waals surface area contributed by atoms with E-state index in [1.54, 1.807) is 0 Å². The average molecular weight is 194 g/mol. The van der Waals surface area contributed by atoms with Crippen LogP contribution in [0.1, 0.15) is 44.9 Å². The van der Waals surface area contributed by atoms with Crippen molar-refractivity contribution in [1.82, 2.24) is 10.6 Å². The van der Waals surface area contributed by atoms with E-state index in [1.807, 2.05) is 0 Å². The van der Waals surface area contributed by atoms with Crippen molar-refractivity contribution in [3.8, 4) is 0 Å². The Bertz CT molecular complexity index is 254. The van der Waals surface area contributed by atoms with Crippen molar-refractivity contribution in [1.29, 1.82) is 0 Å². The molecule has 14 heavy (non-hydrogen) atoms. The highest BCUT2D eigenvalue weighted by molar-refractivity contribution is 5.75. The molecule has 3 aliphatic rings. The third-order valence-corrected chi connectivity index (χ3v) is 4.01. The molecule has 0 heterocycles. The fourth-order valence-electron chi connectivity index (χ4n) is 2.80. The first-order valence-electron chi connectivity index (χ1n) is 5.86. The largest absolute Gasteiger partial charge is 0.335 e. The van der Waals surface area contributed by atoms with Gasteiger partial charge in [-0.05, 0) is 37.5 Å². The van der Waals surface area contributed by atoms with Gasteiger partial charge < -0.3 is 10.6 Å². The lowest BCUT2D eigenvalue weighted by Gasteiger charge is -2.10. The molecule has 0 aromatic heterocycles. The minimum Gasteiger partial charge on any atom is -0.335 e. The molecule has 3 heteroatoms. The van der Waals surface area contributed by atoms with Gasteiger partial charge in [-0.15, -0.1) is 0 Å². The number of hydrogen-bond donors (Lipinski definition) is 2. The van der Waals surface area contributed by atoms with Gasteiger partial charge in [0.25, 0.3) is 0 Å². The molecule has 3 nitrogen and oxygen atoms in total. The summed E-state index contributed by atoms with van der Waals surface area (Å²) >= 11 is 0. The van der Waals surface area contributed by atoms with E-state index in [2.05, 4.69) is 10.6 Å². The van der Waals surface area contributed by atoms with Crippen LogP contribution in [-0.2, 0) is 0 Å². The molecule has 1 atom stereocenters. The van der Waals surface area contributed by atoms with Gasteiger partial charge >= 0.3 is 6.03 Å². The van der Waals surface area contributed by atoms with Crippen molar-refractivity contribution in [2.45, 2.75) is 57.0 Å². The van der Waals surface area contributed by atoms with Crippen LogP contribution < -0.4 is 10.6 Å². The molecular weight excluding hydrogens is 176 g/mol. The summed E-state index contributed by atoms with van der Waals surface area (Å²) in [5, 5.41) is 6.09. The summed E-state index contributed by atoms with van der Waals surface area (Å²) in [6.45, 7) is 0. The zero-order chi connectivity index (χ0) is 9.60. The van der Waals surface area contributed by atoms with Gasteiger partial charge in [0, 0.05) is 12.1 Å². The van der Waals surface area contributed by atoms with Gasteiger partial charge in [-0.2, -0.15) is 0 Å². The van der Waals surface area contributed by atoms with E-state index in [9.17, 15) is 4.79 Å². The van der Waals surface area contributed by atoms with Gasteiger partial charge in [-0.3, -0.25) is 0 Å². The third-order valence-electron chi connectivity index (χ3n) is 4.01.